The molecule has 48 heavy (non-hydrogen) atoms. The van der Waals surface area contributed by atoms with Gasteiger partial charge in [-0.15, -0.1) is 0 Å². The molecule has 2 heterocycles. The van der Waals surface area contributed by atoms with E-state index in [0.29, 0.717) is 5.92 Å². The first-order chi connectivity index (χ1) is 23.7. The molecule has 3 aliphatic rings. The Kier molecular flexibility index (Phi) is 5.43. The van der Waals surface area contributed by atoms with Gasteiger partial charge in [0.05, 0.1) is 22.1 Å². The first-order valence-electron chi connectivity index (χ1n) is 17.8. The molecule has 4 unspecified atom stereocenters. The van der Waals surface area contributed by atoms with E-state index >= 15 is 0 Å². The van der Waals surface area contributed by atoms with Gasteiger partial charge in [0.15, 0.2) is 0 Å². The number of nitrogens with zero attached hydrogens (tertiary/aromatic N) is 3. The van der Waals surface area contributed by atoms with Gasteiger partial charge < -0.3 is 0 Å². The van der Waals surface area contributed by atoms with Crippen molar-refractivity contribution in [1.29, 1.82) is 0 Å². The number of hydrogen-bond acceptors (Lipinski definition) is 1. The summed E-state index contributed by atoms with van der Waals surface area (Å²) in [6, 6.07) is 47.4. The van der Waals surface area contributed by atoms with E-state index in [1.807, 2.05) is 0 Å². The molecule has 11 rings (SSSR count). The lowest BCUT2D eigenvalue weighted by molar-refractivity contribution is 0.0856. The second kappa shape index (κ2) is 9.70. The average Bonchev–Trinajstić information content (AvgIpc) is 3.76. The Bertz CT molecular complexity index is 2590. The highest BCUT2D eigenvalue weighted by atomic mass is 15.2. The van der Waals surface area contributed by atoms with Crippen molar-refractivity contribution >= 4 is 43.6 Å². The summed E-state index contributed by atoms with van der Waals surface area (Å²) < 4.78 is 4.87. The first-order valence-corrected chi connectivity index (χ1v) is 17.8. The molecule has 0 saturated heterocycles. The fourth-order valence-electron chi connectivity index (χ4n) is 10.6. The van der Waals surface area contributed by atoms with E-state index in [2.05, 4.69) is 143 Å². The van der Waals surface area contributed by atoms with Gasteiger partial charge >= 0.3 is 0 Å². The van der Waals surface area contributed by atoms with Crippen LogP contribution in [0.3, 0.4) is 0 Å². The molecule has 232 valence electrons. The van der Waals surface area contributed by atoms with Gasteiger partial charge in [-0.25, -0.2) is 4.98 Å². The van der Waals surface area contributed by atoms with Gasteiger partial charge in [0.25, 0.3) is 0 Å². The van der Waals surface area contributed by atoms with E-state index in [4.69, 9.17) is 4.98 Å². The minimum Gasteiger partial charge on any atom is -0.278 e. The summed E-state index contributed by atoms with van der Waals surface area (Å²) in [6.07, 6.45) is 6.64. The zero-order chi connectivity index (χ0) is 31.6. The molecule has 2 aromatic heterocycles. The minimum absolute atomic E-state index is 0.0637. The van der Waals surface area contributed by atoms with E-state index in [9.17, 15) is 0 Å². The van der Waals surface area contributed by atoms with Gasteiger partial charge in [-0.1, -0.05) is 97.9 Å². The third kappa shape index (κ3) is 3.46. The van der Waals surface area contributed by atoms with Gasteiger partial charge in [0, 0.05) is 27.3 Å². The summed E-state index contributed by atoms with van der Waals surface area (Å²) in [5.41, 5.74) is 11.8. The number of fused-ring (bicyclic) bond motifs is 14. The molecule has 3 aliphatic carbocycles. The Balaban J connectivity index is 1.30. The van der Waals surface area contributed by atoms with Crippen LogP contribution in [0.15, 0.2) is 127 Å². The minimum atomic E-state index is 0.0637. The summed E-state index contributed by atoms with van der Waals surface area (Å²) in [5.74, 6) is 3.27. The maximum absolute atomic E-state index is 5.46. The lowest BCUT2D eigenvalue weighted by atomic mass is 9.53. The number of para-hydroxylation sites is 3. The number of aromatic nitrogens is 3. The molecule has 2 bridgehead atoms. The maximum atomic E-state index is 5.46. The Morgan fingerprint density at radius 3 is 2.38 bits per heavy atom. The Hall–Kier alpha value is -5.15. The van der Waals surface area contributed by atoms with Crippen LogP contribution >= 0.6 is 0 Å². The highest BCUT2D eigenvalue weighted by molar-refractivity contribution is 6.19. The molecule has 1 spiro atoms. The number of rotatable bonds is 2. The molecular formula is C45H37N3. The van der Waals surface area contributed by atoms with Crippen molar-refractivity contribution in [3.05, 3.63) is 139 Å². The first kappa shape index (κ1) is 26.9. The van der Waals surface area contributed by atoms with Crippen molar-refractivity contribution in [3.8, 4) is 22.8 Å². The second-order valence-corrected chi connectivity index (χ2v) is 14.9. The van der Waals surface area contributed by atoms with Crippen LogP contribution in [0.5, 0.6) is 0 Å². The monoisotopic (exact) mass is 619 g/mol. The third-order valence-corrected chi connectivity index (χ3v) is 12.4. The van der Waals surface area contributed by atoms with Crippen LogP contribution in [0, 0.1) is 17.8 Å². The van der Waals surface area contributed by atoms with Crippen LogP contribution < -0.4 is 0 Å². The van der Waals surface area contributed by atoms with Crippen LogP contribution in [-0.2, 0) is 5.41 Å². The molecule has 8 aromatic rings. The second-order valence-electron chi connectivity index (χ2n) is 14.9. The Morgan fingerprint density at radius 1 is 0.625 bits per heavy atom. The fourth-order valence-corrected chi connectivity index (χ4v) is 10.6. The van der Waals surface area contributed by atoms with E-state index in [1.54, 1.807) is 11.1 Å². The van der Waals surface area contributed by atoms with Crippen molar-refractivity contribution in [1.82, 2.24) is 14.1 Å². The SMILES string of the molecule is CC1CC2CCC3(c4ccccc4-c4cc5c6ccc7ccccc7c6n(-c6nc7ccccc7n6-c6ccccc6)c5cc43)C(C1)C2. The van der Waals surface area contributed by atoms with E-state index < -0.39 is 0 Å². The molecule has 4 atom stereocenters. The third-order valence-electron chi connectivity index (χ3n) is 12.4. The Morgan fingerprint density at radius 2 is 1.44 bits per heavy atom. The Labute approximate surface area is 280 Å². The lowest BCUT2D eigenvalue weighted by Crippen LogP contribution is -2.44. The normalized spacial score (nSPS) is 23.0. The van der Waals surface area contributed by atoms with Crippen LogP contribution in [-0.4, -0.2) is 14.1 Å². The predicted octanol–water partition coefficient (Wildman–Crippen LogP) is 11.4. The molecular weight excluding hydrogens is 583 g/mol. The summed E-state index contributed by atoms with van der Waals surface area (Å²) in [7, 11) is 0. The van der Waals surface area contributed by atoms with E-state index in [-0.39, 0.29) is 5.41 Å². The van der Waals surface area contributed by atoms with Gasteiger partial charge in [-0.2, -0.15) is 0 Å². The molecule has 0 aliphatic heterocycles. The van der Waals surface area contributed by atoms with Crippen molar-refractivity contribution in [2.45, 2.75) is 44.4 Å². The van der Waals surface area contributed by atoms with Crippen LogP contribution in [0.25, 0.3) is 66.4 Å². The zero-order valence-corrected chi connectivity index (χ0v) is 27.2. The summed E-state index contributed by atoms with van der Waals surface area (Å²) >= 11 is 0. The predicted molar refractivity (Wildman–Crippen MR) is 198 cm³/mol. The topological polar surface area (TPSA) is 22.8 Å². The summed E-state index contributed by atoms with van der Waals surface area (Å²) in [5, 5.41) is 5.10. The smallest absolute Gasteiger partial charge is 0.220 e. The van der Waals surface area contributed by atoms with Gasteiger partial charge in [-0.05, 0) is 114 Å². The summed E-state index contributed by atoms with van der Waals surface area (Å²) in [6.45, 7) is 2.50. The van der Waals surface area contributed by atoms with Crippen molar-refractivity contribution in [2.24, 2.45) is 17.8 Å². The van der Waals surface area contributed by atoms with Crippen molar-refractivity contribution in [2.75, 3.05) is 0 Å². The van der Waals surface area contributed by atoms with Crippen molar-refractivity contribution in [3.63, 3.8) is 0 Å². The van der Waals surface area contributed by atoms with Gasteiger partial charge in [-0.3, -0.25) is 9.13 Å². The molecule has 0 N–H and O–H groups in total. The quantitative estimate of drug-likeness (QED) is 0.189. The maximum Gasteiger partial charge on any atom is 0.220 e. The van der Waals surface area contributed by atoms with Crippen molar-refractivity contribution < 1.29 is 0 Å². The van der Waals surface area contributed by atoms with E-state index in [1.165, 1.54) is 75.8 Å². The number of benzene rings is 6. The molecule has 0 amide bonds. The van der Waals surface area contributed by atoms with Crippen LogP contribution in [0.4, 0.5) is 0 Å². The van der Waals surface area contributed by atoms with E-state index in [0.717, 1.165) is 34.5 Å². The molecule has 2 saturated carbocycles. The molecule has 2 fully saturated rings. The highest BCUT2D eigenvalue weighted by Gasteiger charge is 2.53. The summed E-state index contributed by atoms with van der Waals surface area (Å²) in [4.78, 5) is 5.46. The zero-order valence-electron chi connectivity index (χ0n) is 27.2. The number of imidazole rings is 1. The average molecular weight is 620 g/mol. The van der Waals surface area contributed by atoms with Crippen LogP contribution in [0.1, 0.15) is 50.2 Å². The highest BCUT2D eigenvalue weighted by Crippen LogP contribution is 2.63. The lowest BCUT2D eigenvalue weighted by Gasteiger charge is -2.50. The largest absolute Gasteiger partial charge is 0.278 e. The van der Waals surface area contributed by atoms with Gasteiger partial charge in [0.1, 0.15) is 0 Å². The van der Waals surface area contributed by atoms with Gasteiger partial charge in [0.2, 0.25) is 5.95 Å². The fraction of sp³-hybridized carbons (Fsp3) is 0.222. The molecule has 3 nitrogen and oxygen atoms in total. The van der Waals surface area contributed by atoms with Crippen LogP contribution in [0.2, 0.25) is 0 Å². The number of hydrogen-bond donors (Lipinski definition) is 0. The molecule has 6 aromatic carbocycles. The molecule has 0 radical (unpaired) electrons. The molecule has 3 heteroatoms. The standard InChI is InChI=1S/C45H37N3/c1-28-23-29-21-22-45(31(24-28)25-29)38-16-8-7-15-34(38)36-26-37-35-20-19-30-11-5-6-14-33(30)43(35)48(42(37)27-39(36)45)44-46-40-17-9-10-18-41(40)47(44)32-12-3-2-4-13-32/h2-20,26-29,31H,21-25H2,1H3.